The number of benzene rings is 1. The average molecular weight is 391 g/mol. The number of hydrogen-bond donors (Lipinski definition) is 1. The highest BCUT2D eigenvalue weighted by molar-refractivity contribution is 6.05. The molecule has 1 atom stereocenters. The van der Waals surface area contributed by atoms with Gasteiger partial charge < -0.3 is 15.1 Å². The van der Waals surface area contributed by atoms with Crippen LogP contribution in [0.2, 0.25) is 0 Å². The molecule has 0 spiro atoms. The van der Waals surface area contributed by atoms with Crippen molar-refractivity contribution >= 4 is 16.7 Å². The molecule has 1 saturated heterocycles. The lowest BCUT2D eigenvalue weighted by Gasteiger charge is -2.39. The van der Waals surface area contributed by atoms with Crippen LogP contribution in [-0.4, -0.2) is 46.8 Å². The molecule has 1 fully saturated rings. The largest absolute Gasteiger partial charge is 0.422 e. The maximum Gasteiger partial charge on any atom is 0.345 e. The molecule has 2 aromatic rings. The average Bonchev–Trinajstić information content (AvgIpc) is 3.34. The third-order valence-electron chi connectivity index (χ3n) is 5.98. The Bertz CT molecular complexity index is 1130. The van der Waals surface area contributed by atoms with E-state index in [0.29, 0.717) is 23.6 Å². The van der Waals surface area contributed by atoms with Gasteiger partial charge in [0.25, 0.3) is 0 Å². The number of hydrogen-bond acceptors (Lipinski definition) is 7. The van der Waals surface area contributed by atoms with Crippen molar-refractivity contribution < 1.29 is 4.42 Å². The summed E-state index contributed by atoms with van der Waals surface area (Å²) in [5.41, 5.74) is 9.61. The van der Waals surface area contributed by atoms with Gasteiger partial charge in [-0.1, -0.05) is 18.2 Å². The Morgan fingerprint density at radius 1 is 1.28 bits per heavy atom. The summed E-state index contributed by atoms with van der Waals surface area (Å²) in [5, 5.41) is 5.50. The van der Waals surface area contributed by atoms with Crippen LogP contribution < -0.4 is 11.4 Å². The smallest absolute Gasteiger partial charge is 0.345 e. The van der Waals surface area contributed by atoms with Gasteiger partial charge in [-0.2, -0.15) is 0 Å². The fraction of sp³-hybridized carbons (Fsp3) is 0.364. The van der Waals surface area contributed by atoms with E-state index in [1.165, 1.54) is 0 Å². The number of nitrogens with two attached hydrogens (primary N) is 1. The van der Waals surface area contributed by atoms with Gasteiger partial charge in [-0.25, -0.2) is 14.8 Å². The van der Waals surface area contributed by atoms with E-state index in [9.17, 15) is 4.79 Å². The second-order valence-electron chi connectivity index (χ2n) is 7.97. The van der Waals surface area contributed by atoms with Crippen LogP contribution in [-0.2, 0) is 0 Å². The number of nitrogens with zero attached hydrogens (tertiary/aromatic N) is 4. The number of rotatable bonds is 3. The minimum Gasteiger partial charge on any atom is -0.422 e. The van der Waals surface area contributed by atoms with E-state index in [-0.39, 0.29) is 5.63 Å². The number of fused-ring (bicyclic) bond motifs is 2. The first-order valence-electron chi connectivity index (χ1n) is 10.1. The van der Waals surface area contributed by atoms with E-state index in [2.05, 4.69) is 35.0 Å². The molecule has 2 N–H and O–H groups in total. The van der Waals surface area contributed by atoms with Crippen LogP contribution in [0.4, 0.5) is 0 Å². The van der Waals surface area contributed by atoms with E-state index in [1.54, 1.807) is 0 Å². The molecule has 0 aliphatic carbocycles. The van der Waals surface area contributed by atoms with Crippen molar-refractivity contribution in [1.29, 1.82) is 0 Å². The molecule has 3 aliphatic rings. The van der Waals surface area contributed by atoms with Crippen LogP contribution in [0.1, 0.15) is 25.8 Å². The molecule has 0 saturated carbocycles. The Morgan fingerprint density at radius 3 is 2.90 bits per heavy atom. The van der Waals surface area contributed by atoms with Crippen LogP contribution in [0.15, 0.2) is 68.0 Å². The summed E-state index contributed by atoms with van der Waals surface area (Å²) >= 11 is 0. The fourth-order valence-corrected chi connectivity index (χ4v) is 4.53. The first-order valence-corrected chi connectivity index (χ1v) is 10.1. The lowest BCUT2D eigenvalue weighted by molar-refractivity contribution is 0.0567. The molecule has 29 heavy (non-hydrogen) atoms. The van der Waals surface area contributed by atoms with Gasteiger partial charge in [0.1, 0.15) is 5.58 Å². The summed E-state index contributed by atoms with van der Waals surface area (Å²) < 4.78 is 5.52. The Balaban J connectivity index is 1.52. The molecule has 5 rings (SSSR count). The van der Waals surface area contributed by atoms with Crippen molar-refractivity contribution in [3.05, 3.63) is 69.7 Å². The molecule has 1 aromatic carbocycles. The second kappa shape index (κ2) is 6.86. The lowest BCUT2D eigenvalue weighted by Crippen LogP contribution is -2.42. The topological polar surface area (TPSA) is 78.3 Å². The van der Waals surface area contributed by atoms with Gasteiger partial charge in [-0.05, 0) is 44.9 Å². The van der Waals surface area contributed by atoms with Crippen LogP contribution in [0.5, 0.6) is 0 Å². The minimum atomic E-state index is -0.344. The SMILES string of the molecule is CC1=CN2CC(c3cc4ccccc4oc3=O)=NC2=C(C)N1N1CC[C@@H](CN)C1. The number of aliphatic imine (C=N–C) groups is 1. The maximum atomic E-state index is 12.6. The third kappa shape index (κ3) is 2.97. The van der Waals surface area contributed by atoms with Crippen molar-refractivity contribution in [1.82, 2.24) is 14.9 Å². The molecule has 7 heteroatoms. The molecular weight excluding hydrogens is 366 g/mol. The van der Waals surface area contributed by atoms with Gasteiger partial charge in [-0.15, -0.1) is 0 Å². The maximum absolute atomic E-state index is 12.6. The summed E-state index contributed by atoms with van der Waals surface area (Å²) in [5.74, 6) is 1.41. The minimum absolute atomic E-state index is 0.344. The van der Waals surface area contributed by atoms with Gasteiger partial charge in [0.15, 0.2) is 5.82 Å². The Hall–Kier alpha value is -2.90. The molecular formula is C22H25N5O2. The van der Waals surface area contributed by atoms with Crippen molar-refractivity contribution in [3.63, 3.8) is 0 Å². The van der Waals surface area contributed by atoms with E-state index in [4.69, 9.17) is 15.1 Å². The normalized spacial score (nSPS) is 22.4. The van der Waals surface area contributed by atoms with Crippen molar-refractivity contribution in [2.45, 2.75) is 20.3 Å². The van der Waals surface area contributed by atoms with Crippen LogP contribution in [0.25, 0.3) is 11.0 Å². The number of para-hydroxylation sites is 1. The summed E-state index contributed by atoms with van der Waals surface area (Å²) in [6.07, 6.45) is 3.22. The highest BCUT2D eigenvalue weighted by Gasteiger charge is 2.34. The number of hydrazine groups is 1. The van der Waals surface area contributed by atoms with E-state index >= 15 is 0 Å². The highest BCUT2D eigenvalue weighted by Crippen LogP contribution is 2.33. The molecule has 0 bridgehead atoms. The van der Waals surface area contributed by atoms with Gasteiger partial charge in [0.2, 0.25) is 0 Å². The Kier molecular flexibility index (Phi) is 4.29. The van der Waals surface area contributed by atoms with Crippen LogP contribution in [0.3, 0.4) is 0 Å². The lowest BCUT2D eigenvalue weighted by atomic mass is 10.1. The first-order chi connectivity index (χ1) is 14.0. The zero-order valence-electron chi connectivity index (χ0n) is 16.8. The zero-order chi connectivity index (χ0) is 20.1. The van der Waals surface area contributed by atoms with Crippen LogP contribution >= 0.6 is 0 Å². The Labute approximate surface area is 169 Å². The Morgan fingerprint density at radius 2 is 2.10 bits per heavy atom. The van der Waals surface area contributed by atoms with Crippen molar-refractivity contribution in [2.75, 3.05) is 26.2 Å². The molecule has 3 aliphatic heterocycles. The highest BCUT2D eigenvalue weighted by atomic mass is 16.4. The molecule has 0 radical (unpaired) electrons. The van der Waals surface area contributed by atoms with Crippen molar-refractivity contribution in [2.24, 2.45) is 16.6 Å². The molecule has 0 amide bonds. The van der Waals surface area contributed by atoms with Gasteiger partial charge in [0.05, 0.1) is 23.5 Å². The predicted octanol–water partition coefficient (Wildman–Crippen LogP) is 2.46. The predicted molar refractivity (Wildman–Crippen MR) is 113 cm³/mol. The van der Waals surface area contributed by atoms with Gasteiger partial charge >= 0.3 is 5.63 Å². The monoisotopic (exact) mass is 391 g/mol. The molecule has 1 aromatic heterocycles. The summed E-state index contributed by atoms with van der Waals surface area (Å²) in [7, 11) is 0. The second-order valence-corrected chi connectivity index (χ2v) is 7.97. The van der Waals surface area contributed by atoms with Crippen LogP contribution in [0, 0.1) is 5.92 Å². The van der Waals surface area contributed by atoms with Crippen molar-refractivity contribution in [3.8, 4) is 0 Å². The molecule has 150 valence electrons. The third-order valence-corrected chi connectivity index (χ3v) is 5.98. The molecule has 4 heterocycles. The van der Waals surface area contributed by atoms with E-state index in [0.717, 1.165) is 54.4 Å². The van der Waals surface area contributed by atoms with Gasteiger partial charge in [-0.3, -0.25) is 5.01 Å². The van der Waals surface area contributed by atoms with E-state index in [1.807, 2.05) is 30.3 Å². The fourth-order valence-electron chi connectivity index (χ4n) is 4.53. The quantitative estimate of drug-likeness (QED) is 0.810. The summed E-state index contributed by atoms with van der Waals surface area (Å²) in [6, 6.07) is 9.44. The summed E-state index contributed by atoms with van der Waals surface area (Å²) in [6.45, 7) is 7.42. The molecule has 0 unspecified atom stereocenters. The number of allylic oxidation sites excluding steroid dienone is 2. The molecule has 7 nitrogen and oxygen atoms in total. The van der Waals surface area contributed by atoms with E-state index < -0.39 is 0 Å². The standard InChI is InChI=1S/C22H25N5O2/c1-14-11-25-13-19(18-9-17-5-3-4-6-20(17)29-22(18)28)24-21(25)15(2)27(14)26-8-7-16(10-23)12-26/h3-6,9,11,16H,7-8,10,12-13,23H2,1-2H3/t16-/m0/s1. The summed E-state index contributed by atoms with van der Waals surface area (Å²) in [4.78, 5) is 19.5. The zero-order valence-corrected chi connectivity index (χ0v) is 16.8. The van der Waals surface area contributed by atoms with Gasteiger partial charge in [0, 0.05) is 30.4 Å². The first kappa shape index (κ1) is 18.1.